The minimum Gasteiger partial charge on any atom is -0.496 e. The molecule has 0 saturated heterocycles. The summed E-state index contributed by atoms with van der Waals surface area (Å²) in [5, 5.41) is 2.95. The number of aryl methyl sites for hydroxylation is 1. The summed E-state index contributed by atoms with van der Waals surface area (Å²) in [6, 6.07) is 13.9. The molecule has 5 heteroatoms. The van der Waals surface area contributed by atoms with Crippen molar-refractivity contribution in [3.8, 4) is 5.75 Å². The summed E-state index contributed by atoms with van der Waals surface area (Å²) in [6.45, 7) is 1.14. The summed E-state index contributed by atoms with van der Waals surface area (Å²) >= 11 is 3.46. The number of halogens is 1. The van der Waals surface area contributed by atoms with E-state index in [0.717, 1.165) is 26.9 Å². The number of hydrogen-bond donors (Lipinski definition) is 1. The highest BCUT2D eigenvalue weighted by Gasteiger charge is 2.05. The van der Waals surface area contributed by atoms with E-state index in [1.165, 1.54) is 0 Å². The van der Waals surface area contributed by atoms with Crippen molar-refractivity contribution in [2.45, 2.75) is 26.0 Å². The molecular formula is C19H22BrNO3. The van der Waals surface area contributed by atoms with Crippen molar-refractivity contribution in [2.24, 2.45) is 0 Å². The minimum absolute atomic E-state index is 0.0444. The molecule has 24 heavy (non-hydrogen) atoms. The van der Waals surface area contributed by atoms with Crippen molar-refractivity contribution in [3.05, 3.63) is 63.6 Å². The van der Waals surface area contributed by atoms with Gasteiger partial charge in [-0.1, -0.05) is 30.3 Å². The lowest BCUT2D eigenvalue weighted by Gasteiger charge is -2.08. The van der Waals surface area contributed by atoms with Gasteiger partial charge >= 0.3 is 0 Å². The van der Waals surface area contributed by atoms with Crippen molar-refractivity contribution < 1.29 is 14.3 Å². The third-order valence-electron chi connectivity index (χ3n) is 3.68. The summed E-state index contributed by atoms with van der Waals surface area (Å²) in [7, 11) is 3.31. The quantitative estimate of drug-likeness (QED) is 0.743. The molecule has 0 aromatic heterocycles. The van der Waals surface area contributed by atoms with Gasteiger partial charge in [-0.25, -0.2) is 0 Å². The zero-order valence-electron chi connectivity index (χ0n) is 14.0. The van der Waals surface area contributed by atoms with Gasteiger partial charge in [-0.05, 0) is 51.2 Å². The van der Waals surface area contributed by atoms with Gasteiger partial charge in [0.15, 0.2) is 0 Å². The number of nitrogens with one attached hydrogen (secondary N) is 1. The molecule has 0 aliphatic carbocycles. The van der Waals surface area contributed by atoms with Gasteiger partial charge in [0.1, 0.15) is 5.75 Å². The maximum atomic E-state index is 12.0. The Labute approximate surface area is 151 Å². The highest BCUT2D eigenvalue weighted by molar-refractivity contribution is 9.10. The lowest BCUT2D eigenvalue weighted by Crippen LogP contribution is -2.23. The van der Waals surface area contributed by atoms with Crippen molar-refractivity contribution in [3.63, 3.8) is 0 Å². The van der Waals surface area contributed by atoms with E-state index in [1.807, 2.05) is 42.5 Å². The molecule has 0 spiro atoms. The van der Waals surface area contributed by atoms with Crippen LogP contribution in [0.25, 0.3) is 0 Å². The van der Waals surface area contributed by atoms with Crippen LogP contribution in [0.5, 0.6) is 5.75 Å². The Morgan fingerprint density at radius 1 is 1.04 bits per heavy atom. The fourth-order valence-corrected chi connectivity index (χ4v) is 2.92. The lowest BCUT2D eigenvalue weighted by molar-refractivity contribution is -0.121. The van der Waals surface area contributed by atoms with Crippen LogP contribution in [0, 0.1) is 0 Å². The van der Waals surface area contributed by atoms with E-state index in [2.05, 4.69) is 21.2 Å². The second-order valence-electron chi connectivity index (χ2n) is 5.50. The minimum atomic E-state index is 0.0444. The van der Waals surface area contributed by atoms with E-state index >= 15 is 0 Å². The molecule has 0 unspecified atom stereocenters. The molecule has 2 rings (SSSR count). The second-order valence-corrected chi connectivity index (χ2v) is 6.35. The molecular weight excluding hydrogens is 370 g/mol. The standard InChI is InChI=1S/C19H22BrNO3/c1-23-13-16-5-3-15(4-6-16)12-21-19(22)10-8-14-7-9-18(24-2)17(20)11-14/h3-7,9,11H,8,10,12-13H2,1-2H3,(H,21,22). The zero-order chi connectivity index (χ0) is 17.4. The van der Waals surface area contributed by atoms with Crippen molar-refractivity contribution in [2.75, 3.05) is 14.2 Å². The topological polar surface area (TPSA) is 47.6 Å². The molecule has 0 fully saturated rings. The molecule has 0 aliphatic rings. The fraction of sp³-hybridized carbons (Fsp3) is 0.316. The summed E-state index contributed by atoms with van der Waals surface area (Å²) in [6.07, 6.45) is 1.15. The van der Waals surface area contributed by atoms with Gasteiger partial charge in [0.2, 0.25) is 5.91 Å². The van der Waals surface area contributed by atoms with Gasteiger partial charge < -0.3 is 14.8 Å². The third kappa shape index (κ3) is 5.65. The summed E-state index contributed by atoms with van der Waals surface area (Å²) < 4.78 is 11.2. The molecule has 2 aromatic rings. The molecule has 0 radical (unpaired) electrons. The molecule has 0 saturated carbocycles. The van der Waals surface area contributed by atoms with Crippen LogP contribution in [0.15, 0.2) is 46.9 Å². The summed E-state index contributed by atoms with van der Waals surface area (Å²) in [4.78, 5) is 12.0. The first-order chi connectivity index (χ1) is 11.6. The molecule has 4 nitrogen and oxygen atoms in total. The fourth-order valence-electron chi connectivity index (χ4n) is 2.33. The highest BCUT2D eigenvalue weighted by Crippen LogP contribution is 2.25. The average Bonchev–Trinajstić information content (AvgIpc) is 2.60. The maximum Gasteiger partial charge on any atom is 0.220 e. The molecule has 1 N–H and O–H groups in total. The van der Waals surface area contributed by atoms with E-state index in [1.54, 1.807) is 14.2 Å². The number of rotatable bonds is 8. The molecule has 0 bridgehead atoms. The first kappa shape index (κ1) is 18.5. The summed E-state index contributed by atoms with van der Waals surface area (Å²) in [5.41, 5.74) is 3.30. The molecule has 0 aliphatic heterocycles. The van der Waals surface area contributed by atoms with Gasteiger partial charge in [-0.2, -0.15) is 0 Å². The number of hydrogen-bond acceptors (Lipinski definition) is 3. The third-order valence-corrected chi connectivity index (χ3v) is 4.30. The van der Waals surface area contributed by atoms with Crippen LogP contribution < -0.4 is 10.1 Å². The molecule has 1 amide bonds. The average molecular weight is 392 g/mol. The SMILES string of the molecule is COCc1ccc(CNC(=O)CCc2ccc(OC)c(Br)c2)cc1. The van der Waals surface area contributed by atoms with E-state index in [-0.39, 0.29) is 5.91 Å². The maximum absolute atomic E-state index is 12.0. The molecule has 128 valence electrons. The van der Waals surface area contributed by atoms with Gasteiger partial charge in [-0.15, -0.1) is 0 Å². The Bertz CT molecular complexity index is 671. The van der Waals surface area contributed by atoms with E-state index in [4.69, 9.17) is 9.47 Å². The largest absolute Gasteiger partial charge is 0.496 e. The van der Waals surface area contributed by atoms with Crippen LogP contribution in [-0.2, 0) is 29.1 Å². The lowest BCUT2D eigenvalue weighted by atomic mass is 10.1. The Balaban J connectivity index is 1.78. The molecule has 0 heterocycles. The monoisotopic (exact) mass is 391 g/mol. The van der Waals surface area contributed by atoms with Crippen molar-refractivity contribution in [1.82, 2.24) is 5.32 Å². The van der Waals surface area contributed by atoms with Crippen LogP contribution in [0.3, 0.4) is 0 Å². The molecule has 0 atom stereocenters. The second kappa shape index (κ2) is 9.45. The first-order valence-corrected chi connectivity index (χ1v) is 8.57. The molecule has 2 aromatic carbocycles. The number of carbonyl (C=O) groups is 1. The zero-order valence-corrected chi connectivity index (χ0v) is 15.6. The smallest absolute Gasteiger partial charge is 0.220 e. The van der Waals surface area contributed by atoms with E-state index < -0.39 is 0 Å². The summed E-state index contributed by atoms with van der Waals surface area (Å²) in [5.74, 6) is 0.836. The number of carbonyl (C=O) groups excluding carboxylic acids is 1. The van der Waals surface area contributed by atoms with E-state index in [9.17, 15) is 4.79 Å². The van der Waals surface area contributed by atoms with Crippen LogP contribution in [-0.4, -0.2) is 20.1 Å². The number of amides is 1. The Morgan fingerprint density at radius 2 is 1.71 bits per heavy atom. The Morgan fingerprint density at radius 3 is 2.33 bits per heavy atom. The van der Waals surface area contributed by atoms with Crippen LogP contribution in [0.2, 0.25) is 0 Å². The van der Waals surface area contributed by atoms with Crippen molar-refractivity contribution >= 4 is 21.8 Å². The van der Waals surface area contributed by atoms with Gasteiger partial charge in [0.25, 0.3) is 0 Å². The number of methoxy groups -OCH3 is 2. The van der Waals surface area contributed by atoms with Crippen LogP contribution in [0.1, 0.15) is 23.1 Å². The normalized spacial score (nSPS) is 10.5. The van der Waals surface area contributed by atoms with Gasteiger partial charge in [0, 0.05) is 20.1 Å². The van der Waals surface area contributed by atoms with Crippen LogP contribution >= 0.6 is 15.9 Å². The van der Waals surface area contributed by atoms with Gasteiger partial charge in [0.05, 0.1) is 18.2 Å². The highest BCUT2D eigenvalue weighted by atomic mass is 79.9. The van der Waals surface area contributed by atoms with Crippen molar-refractivity contribution in [1.29, 1.82) is 0 Å². The van der Waals surface area contributed by atoms with E-state index in [0.29, 0.717) is 26.0 Å². The van der Waals surface area contributed by atoms with Gasteiger partial charge in [-0.3, -0.25) is 4.79 Å². The predicted octanol–water partition coefficient (Wildman–Crippen LogP) is 3.85. The number of ether oxygens (including phenoxy) is 2. The number of benzene rings is 2. The Kier molecular flexibility index (Phi) is 7.28. The van der Waals surface area contributed by atoms with Crippen LogP contribution in [0.4, 0.5) is 0 Å². The predicted molar refractivity (Wildman–Crippen MR) is 98.0 cm³/mol. The first-order valence-electron chi connectivity index (χ1n) is 7.78. The Hall–Kier alpha value is -1.85.